The molecule has 1 aromatic heterocycles. The van der Waals surface area contributed by atoms with Crippen LogP contribution in [-0.4, -0.2) is 4.98 Å². The van der Waals surface area contributed by atoms with Gasteiger partial charge in [-0.1, -0.05) is 6.07 Å². The van der Waals surface area contributed by atoms with Crippen molar-refractivity contribution in [3.05, 3.63) is 53.2 Å². The zero-order chi connectivity index (χ0) is 13.0. The molecule has 4 nitrogen and oxygen atoms in total. The lowest BCUT2D eigenvalue weighted by molar-refractivity contribution is 1.24. The van der Waals surface area contributed by atoms with Crippen LogP contribution in [0.15, 0.2) is 36.5 Å². The van der Waals surface area contributed by atoms with E-state index in [-0.39, 0.29) is 0 Å². The number of aryl methyl sites for hydroxylation is 1. The van der Waals surface area contributed by atoms with Crippen LogP contribution in [0.5, 0.6) is 0 Å². The number of hydrogen-bond donors (Lipinski definition) is 1. The van der Waals surface area contributed by atoms with Crippen LogP contribution in [0.1, 0.15) is 16.7 Å². The molecular formula is C14H10N4. The molecule has 0 aliphatic carbocycles. The second kappa shape index (κ2) is 4.99. The highest BCUT2D eigenvalue weighted by molar-refractivity contribution is 5.65. The number of benzene rings is 1. The van der Waals surface area contributed by atoms with Gasteiger partial charge in [-0.3, -0.25) is 0 Å². The summed E-state index contributed by atoms with van der Waals surface area (Å²) >= 11 is 0. The number of aromatic nitrogens is 1. The SMILES string of the molecule is Cc1ccnc(Nc2cccc(C#N)c2)c1C#N. The second-order valence-electron chi connectivity index (χ2n) is 3.78. The third-order valence-corrected chi connectivity index (χ3v) is 2.53. The maximum absolute atomic E-state index is 9.10. The van der Waals surface area contributed by atoms with Crippen molar-refractivity contribution in [1.29, 1.82) is 10.5 Å². The molecule has 0 unspecified atom stereocenters. The van der Waals surface area contributed by atoms with Crippen LogP contribution in [0.4, 0.5) is 11.5 Å². The van der Waals surface area contributed by atoms with E-state index >= 15 is 0 Å². The van der Waals surface area contributed by atoms with E-state index < -0.39 is 0 Å². The Balaban J connectivity index is 2.38. The fourth-order valence-corrected chi connectivity index (χ4v) is 1.60. The third-order valence-electron chi connectivity index (χ3n) is 2.53. The van der Waals surface area contributed by atoms with Crippen molar-refractivity contribution in [3.63, 3.8) is 0 Å². The number of nitriles is 2. The summed E-state index contributed by atoms with van der Waals surface area (Å²) in [6, 6.07) is 13.0. The number of anilines is 2. The first kappa shape index (κ1) is 11.6. The van der Waals surface area contributed by atoms with E-state index in [1.54, 1.807) is 30.5 Å². The minimum Gasteiger partial charge on any atom is -0.339 e. The zero-order valence-corrected chi connectivity index (χ0v) is 9.81. The summed E-state index contributed by atoms with van der Waals surface area (Å²) in [7, 11) is 0. The Kier molecular flexibility index (Phi) is 3.22. The van der Waals surface area contributed by atoms with Crippen molar-refractivity contribution in [2.45, 2.75) is 6.92 Å². The quantitative estimate of drug-likeness (QED) is 0.867. The highest BCUT2D eigenvalue weighted by Gasteiger charge is 2.06. The van der Waals surface area contributed by atoms with Crippen LogP contribution in [-0.2, 0) is 0 Å². The third kappa shape index (κ3) is 2.28. The van der Waals surface area contributed by atoms with Crippen LogP contribution in [0.2, 0.25) is 0 Å². The van der Waals surface area contributed by atoms with Crippen molar-refractivity contribution in [1.82, 2.24) is 4.98 Å². The van der Waals surface area contributed by atoms with Crippen molar-refractivity contribution >= 4 is 11.5 Å². The predicted octanol–water partition coefficient (Wildman–Crippen LogP) is 2.88. The molecule has 4 heteroatoms. The normalized spacial score (nSPS) is 9.28. The standard InChI is InChI=1S/C14H10N4/c1-10-5-6-17-14(13(10)9-16)18-12-4-2-3-11(7-12)8-15/h2-7H,1H3,(H,17,18). The number of pyridine rings is 1. The topological polar surface area (TPSA) is 72.5 Å². The van der Waals surface area contributed by atoms with Gasteiger partial charge in [0, 0.05) is 11.9 Å². The summed E-state index contributed by atoms with van der Waals surface area (Å²) in [6.07, 6.45) is 1.65. The van der Waals surface area contributed by atoms with Gasteiger partial charge in [-0.25, -0.2) is 4.98 Å². The average Bonchev–Trinajstić information content (AvgIpc) is 2.39. The molecule has 2 aromatic rings. The zero-order valence-electron chi connectivity index (χ0n) is 9.81. The lowest BCUT2D eigenvalue weighted by Crippen LogP contribution is -1.98. The van der Waals surface area contributed by atoms with Gasteiger partial charge in [-0.15, -0.1) is 0 Å². The molecule has 0 fully saturated rings. The molecule has 1 heterocycles. The largest absolute Gasteiger partial charge is 0.339 e. The molecule has 0 radical (unpaired) electrons. The van der Waals surface area contributed by atoms with Gasteiger partial charge in [0.25, 0.3) is 0 Å². The first-order chi connectivity index (χ1) is 8.74. The van der Waals surface area contributed by atoms with Crippen LogP contribution in [0, 0.1) is 29.6 Å². The maximum atomic E-state index is 9.10. The predicted molar refractivity (Wildman–Crippen MR) is 68.1 cm³/mol. The van der Waals surface area contributed by atoms with Gasteiger partial charge in [0.2, 0.25) is 0 Å². The van der Waals surface area contributed by atoms with E-state index in [9.17, 15) is 0 Å². The smallest absolute Gasteiger partial charge is 0.148 e. The molecule has 0 atom stereocenters. The van der Waals surface area contributed by atoms with Crippen LogP contribution in [0.3, 0.4) is 0 Å². The van der Waals surface area contributed by atoms with Gasteiger partial charge in [-0.2, -0.15) is 10.5 Å². The van der Waals surface area contributed by atoms with Gasteiger partial charge >= 0.3 is 0 Å². The van der Waals surface area contributed by atoms with E-state index in [1.165, 1.54) is 0 Å². The van der Waals surface area contributed by atoms with Crippen molar-refractivity contribution in [3.8, 4) is 12.1 Å². The van der Waals surface area contributed by atoms with Crippen LogP contribution in [0.25, 0.3) is 0 Å². The van der Waals surface area contributed by atoms with Gasteiger partial charge in [0.1, 0.15) is 11.9 Å². The summed E-state index contributed by atoms with van der Waals surface area (Å²) in [6.45, 7) is 1.86. The summed E-state index contributed by atoms with van der Waals surface area (Å²) in [5.74, 6) is 0.507. The second-order valence-corrected chi connectivity index (χ2v) is 3.78. The Labute approximate surface area is 105 Å². The molecule has 0 bridgehead atoms. The fraction of sp³-hybridized carbons (Fsp3) is 0.0714. The molecule has 1 N–H and O–H groups in total. The fourth-order valence-electron chi connectivity index (χ4n) is 1.60. The lowest BCUT2D eigenvalue weighted by atomic mass is 10.1. The van der Waals surface area contributed by atoms with E-state index in [0.717, 1.165) is 11.3 Å². The molecule has 0 saturated heterocycles. The Morgan fingerprint density at radius 2 is 2.00 bits per heavy atom. The van der Waals surface area contributed by atoms with E-state index in [0.29, 0.717) is 16.9 Å². The van der Waals surface area contributed by atoms with E-state index in [1.807, 2.05) is 13.0 Å². The maximum Gasteiger partial charge on any atom is 0.148 e. The highest BCUT2D eigenvalue weighted by Crippen LogP contribution is 2.20. The molecular weight excluding hydrogens is 224 g/mol. The van der Waals surface area contributed by atoms with Crippen LogP contribution < -0.4 is 5.32 Å². The monoisotopic (exact) mass is 234 g/mol. The van der Waals surface area contributed by atoms with Crippen molar-refractivity contribution < 1.29 is 0 Å². The molecule has 86 valence electrons. The molecule has 2 rings (SSSR count). The Morgan fingerprint density at radius 1 is 1.17 bits per heavy atom. The minimum atomic E-state index is 0.507. The van der Waals surface area contributed by atoms with Crippen molar-refractivity contribution in [2.75, 3.05) is 5.32 Å². The molecule has 0 aliphatic rings. The summed E-state index contributed by atoms with van der Waals surface area (Å²) in [5.41, 5.74) is 2.68. The first-order valence-electron chi connectivity index (χ1n) is 5.37. The Hall–Kier alpha value is -2.85. The van der Waals surface area contributed by atoms with Crippen molar-refractivity contribution in [2.24, 2.45) is 0 Å². The van der Waals surface area contributed by atoms with Gasteiger partial charge < -0.3 is 5.32 Å². The highest BCUT2D eigenvalue weighted by atomic mass is 15.0. The van der Waals surface area contributed by atoms with E-state index in [4.69, 9.17) is 10.5 Å². The molecule has 18 heavy (non-hydrogen) atoms. The molecule has 0 spiro atoms. The number of rotatable bonds is 2. The number of nitrogens with one attached hydrogen (secondary N) is 1. The van der Waals surface area contributed by atoms with Gasteiger partial charge in [-0.05, 0) is 36.8 Å². The van der Waals surface area contributed by atoms with Crippen LogP contribution >= 0.6 is 0 Å². The molecule has 1 aromatic carbocycles. The molecule has 0 aliphatic heterocycles. The van der Waals surface area contributed by atoms with Gasteiger partial charge in [0.05, 0.1) is 17.2 Å². The average molecular weight is 234 g/mol. The summed E-state index contributed by atoms with van der Waals surface area (Å²) in [4.78, 5) is 4.14. The summed E-state index contributed by atoms with van der Waals surface area (Å²) in [5, 5.41) is 21.0. The van der Waals surface area contributed by atoms with E-state index in [2.05, 4.69) is 22.4 Å². The van der Waals surface area contributed by atoms with Gasteiger partial charge in [0.15, 0.2) is 0 Å². The lowest BCUT2D eigenvalue weighted by Gasteiger charge is -2.08. The molecule has 0 saturated carbocycles. The summed E-state index contributed by atoms with van der Waals surface area (Å²) < 4.78 is 0. The number of hydrogen-bond acceptors (Lipinski definition) is 4. The minimum absolute atomic E-state index is 0.507. The Morgan fingerprint density at radius 3 is 2.72 bits per heavy atom. The molecule has 0 amide bonds. The first-order valence-corrected chi connectivity index (χ1v) is 5.37. The number of nitrogens with zero attached hydrogens (tertiary/aromatic N) is 3. The Bertz CT molecular complexity index is 662.